The van der Waals surface area contributed by atoms with Crippen molar-refractivity contribution in [3.63, 3.8) is 0 Å². The lowest BCUT2D eigenvalue weighted by Crippen LogP contribution is -2.23. The number of carboxylic acids is 1. The molecule has 0 bridgehead atoms. The maximum absolute atomic E-state index is 13.8. The van der Waals surface area contributed by atoms with Gasteiger partial charge in [0.1, 0.15) is 16.6 Å². The van der Waals surface area contributed by atoms with Gasteiger partial charge in [0, 0.05) is 18.5 Å². The number of benzene rings is 1. The van der Waals surface area contributed by atoms with Crippen molar-refractivity contribution in [2.24, 2.45) is 11.8 Å². The van der Waals surface area contributed by atoms with Gasteiger partial charge in [-0.2, -0.15) is 0 Å². The third-order valence-corrected chi connectivity index (χ3v) is 4.97. The summed E-state index contributed by atoms with van der Waals surface area (Å²) < 4.78 is 27.6. The Morgan fingerprint density at radius 3 is 2.70 bits per heavy atom. The maximum atomic E-state index is 13.8. The molecular weight excluding hydrogens is 322 g/mol. The smallest absolute Gasteiger partial charge is 0.308 e. The van der Waals surface area contributed by atoms with E-state index in [0.717, 1.165) is 5.01 Å². The number of likely N-dealkylation sites (tertiary alicyclic amines) is 1. The number of carbonyl (C=O) groups is 1. The molecule has 7 heteroatoms. The third kappa shape index (κ3) is 3.25. The Labute approximate surface area is 136 Å². The molecule has 0 spiro atoms. The lowest BCUT2D eigenvalue weighted by molar-refractivity contribution is -0.142. The van der Waals surface area contributed by atoms with Crippen LogP contribution in [0.1, 0.15) is 11.9 Å². The topological polar surface area (TPSA) is 53.4 Å². The molecule has 1 aliphatic heterocycles. The largest absolute Gasteiger partial charge is 0.481 e. The Morgan fingerprint density at radius 1 is 1.39 bits per heavy atom. The van der Waals surface area contributed by atoms with Crippen molar-refractivity contribution >= 4 is 17.3 Å². The minimum absolute atomic E-state index is 0.0796. The van der Waals surface area contributed by atoms with Crippen LogP contribution in [0.15, 0.2) is 23.6 Å². The van der Waals surface area contributed by atoms with Crippen molar-refractivity contribution < 1.29 is 18.7 Å². The van der Waals surface area contributed by atoms with Crippen LogP contribution in [-0.2, 0) is 11.3 Å². The van der Waals surface area contributed by atoms with E-state index in [2.05, 4.69) is 4.98 Å². The highest BCUT2D eigenvalue weighted by Crippen LogP contribution is 2.29. The van der Waals surface area contributed by atoms with Crippen molar-refractivity contribution in [3.8, 4) is 11.3 Å². The van der Waals surface area contributed by atoms with E-state index in [1.165, 1.54) is 29.5 Å². The minimum Gasteiger partial charge on any atom is -0.481 e. The second kappa shape index (κ2) is 6.33. The van der Waals surface area contributed by atoms with Crippen LogP contribution < -0.4 is 0 Å². The monoisotopic (exact) mass is 338 g/mol. The summed E-state index contributed by atoms with van der Waals surface area (Å²) in [5.41, 5.74) is 0.163. The average Bonchev–Trinajstić information content (AvgIpc) is 3.06. The van der Waals surface area contributed by atoms with Gasteiger partial charge in [-0.1, -0.05) is 13.0 Å². The third-order valence-electron chi connectivity index (χ3n) is 4.13. The lowest BCUT2D eigenvalue weighted by Gasteiger charge is -2.12. The summed E-state index contributed by atoms with van der Waals surface area (Å²) in [6, 6.07) is 3.73. The van der Waals surface area contributed by atoms with Gasteiger partial charge in [-0.15, -0.1) is 11.3 Å². The molecule has 0 saturated carbocycles. The average molecular weight is 338 g/mol. The van der Waals surface area contributed by atoms with Crippen LogP contribution >= 0.6 is 11.3 Å². The van der Waals surface area contributed by atoms with Gasteiger partial charge in [0.15, 0.2) is 0 Å². The fourth-order valence-electron chi connectivity index (χ4n) is 2.95. The Kier molecular flexibility index (Phi) is 4.41. The highest BCUT2D eigenvalue weighted by Gasteiger charge is 2.34. The zero-order chi connectivity index (χ0) is 16.6. The number of thiazole rings is 1. The Bertz CT molecular complexity index is 714. The summed E-state index contributed by atoms with van der Waals surface area (Å²) >= 11 is 1.33. The van der Waals surface area contributed by atoms with Crippen molar-refractivity contribution in [1.82, 2.24) is 9.88 Å². The number of halogens is 2. The predicted octanol–water partition coefficient (Wildman–Crippen LogP) is 3.24. The summed E-state index contributed by atoms with van der Waals surface area (Å²) in [5, 5.41) is 11.5. The summed E-state index contributed by atoms with van der Waals surface area (Å²) in [6.07, 6.45) is 0. The van der Waals surface area contributed by atoms with Crippen molar-refractivity contribution in [3.05, 3.63) is 40.2 Å². The fourth-order valence-corrected chi connectivity index (χ4v) is 3.78. The normalized spacial score (nSPS) is 21.7. The van der Waals surface area contributed by atoms with Gasteiger partial charge in [-0.3, -0.25) is 9.69 Å². The van der Waals surface area contributed by atoms with Gasteiger partial charge in [0.25, 0.3) is 0 Å². The van der Waals surface area contributed by atoms with E-state index in [-0.39, 0.29) is 23.1 Å². The number of carboxylic acid groups (broad SMARTS) is 1. The molecule has 0 radical (unpaired) electrons. The van der Waals surface area contributed by atoms with E-state index in [1.54, 1.807) is 5.38 Å². The number of hydrogen-bond donors (Lipinski definition) is 1. The SMILES string of the molecule is C[C@@H]1CN(Cc2nc(-c3c(F)cccc3F)cs2)C[C@H]1C(=O)O. The first-order valence-electron chi connectivity index (χ1n) is 7.29. The van der Waals surface area contributed by atoms with Crippen molar-refractivity contribution in [2.75, 3.05) is 13.1 Å². The van der Waals surface area contributed by atoms with Gasteiger partial charge in [-0.05, 0) is 18.1 Å². The summed E-state index contributed by atoms with van der Waals surface area (Å²) in [7, 11) is 0. The molecule has 1 N–H and O–H groups in total. The quantitative estimate of drug-likeness (QED) is 0.930. The first-order chi connectivity index (χ1) is 11.0. The highest BCUT2D eigenvalue weighted by molar-refractivity contribution is 7.09. The van der Waals surface area contributed by atoms with E-state index in [9.17, 15) is 13.6 Å². The van der Waals surface area contributed by atoms with Crippen LogP contribution in [0, 0.1) is 23.5 Å². The van der Waals surface area contributed by atoms with Gasteiger partial charge in [-0.25, -0.2) is 13.8 Å². The van der Waals surface area contributed by atoms with Crippen molar-refractivity contribution in [1.29, 1.82) is 0 Å². The van der Waals surface area contributed by atoms with Crippen LogP contribution in [0.3, 0.4) is 0 Å². The predicted molar refractivity (Wildman–Crippen MR) is 83.0 cm³/mol. The minimum atomic E-state index is -0.784. The van der Waals surface area contributed by atoms with Gasteiger partial charge in [0.2, 0.25) is 0 Å². The zero-order valence-corrected chi connectivity index (χ0v) is 13.3. The number of aromatic nitrogens is 1. The molecule has 0 amide bonds. The Balaban J connectivity index is 1.75. The Morgan fingerprint density at radius 2 is 2.09 bits per heavy atom. The molecule has 1 fully saturated rings. The number of aliphatic carboxylic acids is 1. The molecule has 122 valence electrons. The molecule has 0 aliphatic carbocycles. The molecule has 4 nitrogen and oxygen atoms in total. The van der Waals surface area contributed by atoms with E-state index in [0.29, 0.717) is 19.6 Å². The molecular formula is C16H16F2N2O2S. The molecule has 2 atom stereocenters. The van der Waals surface area contributed by atoms with Gasteiger partial charge in [0.05, 0.1) is 23.7 Å². The molecule has 3 rings (SSSR count). The van der Waals surface area contributed by atoms with E-state index in [4.69, 9.17) is 5.11 Å². The summed E-state index contributed by atoms with van der Waals surface area (Å²) in [5.74, 6) is -2.35. The second-order valence-corrected chi connectivity index (χ2v) is 6.78. The molecule has 2 aromatic rings. The first kappa shape index (κ1) is 16.0. The Hall–Kier alpha value is -1.86. The zero-order valence-electron chi connectivity index (χ0n) is 12.5. The van der Waals surface area contributed by atoms with Crippen LogP contribution in [0.4, 0.5) is 8.78 Å². The highest BCUT2D eigenvalue weighted by atomic mass is 32.1. The van der Waals surface area contributed by atoms with E-state index < -0.39 is 17.6 Å². The van der Waals surface area contributed by atoms with Crippen LogP contribution in [0.5, 0.6) is 0 Å². The molecule has 1 aromatic heterocycles. The number of nitrogens with zero attached hydrogens (tertiary/aromatic N) is 2. The first-order valence-corrected chi connectivity index (χ1v) is 8.17. The molecule has 2 heterocycles. The van der Waals surface area contributed by atoms with Crippen LogP contribution in [-0.4, -0.2) is 34.0 Å². The number of rotatable bonds is 4. The lowest BCUT2D eigenvalue weighted by atomic mass is 9.99. The standard InChI is InChI=1S/C16H16F2N2O2S/c1-9-5-20(6-10(9)16(21)22)7-14-19-13(8-23-14)15-11(17)3-2-4-12(15)18/h2-4,8-10H,5-7H2,1H3,(H,21,22)/t9-,10-/m1/s1. The molecule has 0 unspecified atom stereocenters. The maximum Gasteiger partial charge on any atom is 0.308 e. The number of hydrogen-bond acceptors (Lipinski definition) is 4. The second-order valence-electron chi connectivity index (χ2n) is 5.84. The molecule has 1 saturated heterocycles. The van der Waals surface area contributed by atoms with Crippen LogP contribution in [0.2, 0.25) is 0 Å². The fraction of sp³-hybridized carbons (Fsp3) is 0.375. The summed E-state index contributed by atoms with van der Waals surface area (Å²) in [4.78, 5) is 17.5. The molecule has 1 aromatic carbocycles. The molecule has 23 heavy (non-hydrogen) atoms. The van der Waals surface area contributed by atoms with Crippen LogP contribution in [0.25, 0.3) is 11.3 Å². The van der Waals surface area contributed by atoms with E-state index >= 15 is 0 Å². The molecule has 1 aliphatic rings. The van der Waals surface area contributed by atoms with E-state index in [1.807, 2.05) is 11.8 Å². The van der Waals surface area contributed by atoms with Gasteiger partial charge >= 0.3 is 5.97 Å². The van der Waals surface area contributed by atoms with Gasteiger partial charge < -0.3 is 5.11 Å². The van der Waals surface area contributed by atoms with Crippen molar-refractivity contribution in [2.45, 2.75) is 13.5 Å². The summed E-state index contributed by atoms with van der Waals surface area (Å²) in [6.45, 7) is 3.56.